The second-order valence-corrected chi connectivity index (χ2v) is 7.34. The Kier molecular flexibility index (Phi) is 4.17. The molecule has 0 atom stereocenters. The number of hydrogen-bond acceptors (Lipinski definition) is 5. The number of hydrogen-bond donors (Lipinski definition) is 0. The van der Waals surface area contributed by atoms with Gasteiger partial charge in [0, 0.05) is 26.3 Å². The number of rotatable bonds is 5. The number of pyridine rings is 1. The van der Waals surface area contributed by atoms with E-state index < -0.39 is 10.0 Å². The highest BCUT2D eigenvalue weighted by atomic mass is 32.2. The van der Waals surface area contributed by atoms with Crippen LogP contribution in [0.3, 0.4) is 0 Å². The van der Waals surface area contributed by atoms with Crippen LogP contribution in [0.25, 0.3) is 0 Å². The topological polar surface area (TPSA) is 66.7 Å². The van der Waals surface area contributed by atoms with Crippen molar-refractivity contribution in [3.8, 4) is 0 Å². The minimum absolute atomic E-state index is 0.254. The van der Waals surface area contributed by atoms with Gasteiger partial charge in [-0.2, -0.15) is 4.31 Å². The average molecular weight is 321 g/mol. The van der Waals surface area contributed by atoms with E-state index in [4.69, 9.17) is 4.42 Å². The molecule has 1 saturated heterocycles. The number of anilines is 1. The minimum Gasteiger partial charge on any atom is -0.467 e. The van der Waals surface area contributed by atoms with Crippen molar-refractivity contribution in [3.63, 3.8) is 0 Å². The van der Waals surface area contributed by atoms with E-state index in [9.17, 15) is 8.42 Å². The van der Waals surface area contributed by atoms with Gasteiger partial charge >= 0.3 is 0 Å². The molecule has 0 aliphatic carbocycles. The Bertz CT molecular complexity index is 705. The molecule has 0 bridgehead atoms. The van der Waals surface area contributed by atoms with Gasteiger partial charge in [-0.3, -0.25) is 0 Å². The first-order chi connectivity index (χ1) is 10.6. The van der Waals surface area contributed by atoms with Gasteiger partial charge in [0.2, 0.25) is 10.0 Å². The molecule has 118 valence electrons. The Morgan fingerprint density at radius 2 is 2.05 bits per heavy atom. The lowest BCUT2D eigenvalue weighted by Gasteiger charge is -2.18. The van der Waals surface area contributed by atoms with Crippen LogP contribution in [-0.2, 0) is 16.6 Å². The van der Waals surface area contributed by atoms with E-state index in [2.05, 4.69) is 4.98 Å². The van der Waals surface area contributed by atoms with Crippen LogP contribution in [0.4, 0.5) is 5.82 Å². The maximum absolute atomic E-state index is 12.4. The second-order valence-electron chi connectivity index (χ2n) is 5.40. The van der Waals surface area contributed by atoms with Crippen molar-refractivity contribution in [3.05, 3.63) is 42.5 Å². The van der Waals surface area contributed by atoms with Crippen LogP contribution in [0, 0.1) is 0 Å². The third-order valence-corrected chi connectivity index (χ3v) is 5.67. The predicted octanol–water partition coefficient (Wildman–Crippen LogP) is 2.10. The lowest BCUT2D eigenvalue weighted by atomic mass is 10.4. The molecule has 2 aromatic heterocycles. The summed E-state index contributed by atoms with van der Waals surface area (Å²) in [5.41, 5.74) is 0. The fourth-order valence-electron chi connectivity index (χ4n) is 2.55. The SMILES string of the molecule is CN(Cc1ccco1)c1ccc(S(=O)(=O)N2CCCC2)cn1. The van der Waals surface area contributed by atoms with Crippen LogP contribution in [0.5, 0.6) is 0 Å². The Balaban J connectivity index is 1.74. The van der Waals surface area contributed by atoms with E-state index >= 15 is 0 Å². The summed E-state index contributed by atoms with van der Waals surface area (Å²) in [4.78, 5) is 6.44. The molecule has 22 heavy (non-hydrogen) atoms. The zero-order valence-corrected chi connectivity index (χ0v) is 13.3. The van der Waals surface area contributed by atoms with Gasteiger partial charge in [-0.15, -0.1) is 0 Å². The molecule has 6 nitrogen and oxygen atoms in total. The maximum Gasteiger partial charge on any atom is 0.244 e. The van der Waals surface area contributed by atoms with E-state index in [-0.39, 0.29) is 4.90 Å². The fraction of sp³-hybridized carbons (Fsp3) is 0.400. The first kappa shape index (κ1) is 15.1. The smallest absolute Gasteiger partial charge is 0.244 e. The molecule has 1 aliphatic rings. The molecule has 0 unspecified atom stereocenters. The highest BCUT2D eigenvalue weighted by Crippen LogP contribution is 2.22. The van der Waals surface area contributed by atoms with Crippen molar-refractivity contribution in [2.45, 2.75) is 24.3 Å². The standard InChI is InChI=1S/C15H19N3O3S/c1-17(12-13-5-4-10-21-13)15-7-6-14(11-16-15)22(19,20)18-8-2-3-9-18/h4-7,10-11H,2-3,8-9,12H2,1H3. The van der Waals surface area contributed by atoms with Crippen LogP contribution >= 0.6 is 0 Å². The molecule has 0 N–H and O–H groups in total. The maximum atomic E-state index is 12.4. The number of aromatic nitrogens is 1. The van der Waals surface area contributed by atoms with Gasteiger partial charge in [0.15, 0.2) is 0 Å². The molecule has 0 radical (unpaired) electrons. The van der Waals surface area contributed by atoms with Crippen molar-refractivity contribution in [1.29, 1.82) is 0 Å². The van der Waals surface area contributed by atoms with E-state index in [1.165, 1.54) is 10.5 Å². The molecule has 7 heteroatoms. The van der Waals surface area contributed by atoms with E-state index in [1.54, 1.807) is 18.4 Å². The van der Waals surface area contributed by atoms with Gasteiger partial charge in [-0.1, -0.05) is 0 Å². The van der Waals surface area contributed by atoms with E-state index in [0.717, 1.165) is 18.6 Å². The lowest BCUT2D eigenvalue weighted by Crippen LogP contribution is -2.28. The van der Waals surface area contributed by atoms with Crippen molar-refractivity contribution in [2.75, 3.05) is 25.0 Å². The first-order valence-electron chi connectivity index (χ1n) is 7.27. The van der Waals surface area contributed by atoms with Crippen LogP contribution in [0.2, 0.25) is 0 Å². The molecule has 0 amide bonds. The zero-order valence-electron chi connectivity index (χ0n) is 12.5. The monoisotopic (exact) mass is 321 g/mol. The summed E-state index contributed by atoms with van der Waals surface area (Å²) in [7, 11) is -1.51. The van der Waals surface area contributed by atoms with Crippen LogP contribution in [-0.4, -0.2) is 37.8 Å². The number of sulfonamides is 1. The minimum atomic E-state index is -3.40. The summed E-state index contributed by atoms with van der Waals surface area (Å²) in [5, 5.41) is 0. The van der Waals surface area contributed by atoms with Gasteiger partial charge < -0.3 is 9.32 Å². The summed E-state index contributed by atoms with van der Waals surface area (Å²) in [6.07, 6.45) is 4.91. The largest absolute Gasteiger partial charge is 0.467 e. The number of furan rings is 1. The molecule has 1 fully saturated rings. The van der Waals surface area contributed by atoms with E-state index in [0.29, 0.717) is 25.5 Å². The molecular formula is C15H19N3O3S. The molecule has 0 aromatic carbocycles. The van der Waals surface area contributed by atoms with E-state index in [1.807, 2.05) is 24.1 Å². The van der Waals surface area contributed by atoms with Crippen LogP contribution < -0.4 is 4.90 Å². The van der Waals surface area contributed by atoms with Gasteiger partial charge in [-0.25, -0.2) is 13.4 Å². The van der Waals surface area contributed by atoms with Gasteiger partial charge in [0.25, 0.3) is 0 Å². The normalized spacial score (nSPS) is 16.0. The molecule has 2 aromatic rings. The summed E-state index contributed by atoms with van der Waals surface area (Å²) in [6, 6.07) is 7.07. The molecular weight excluding hydrogens is 302 g/mol. The third kappa shape index (κ3) is 3.00. The fourth-order valence-corrected chi connectivity index (χ4v) is 4.01. The quantitative estimate of drug-likeness (QED) is 0.843. The predicted molar refractivity (Wildman–Crippen MR) is 83.0 cm³/mol. The van der Waals surface area contributed by atoms with Crippen molar-refractivity contribution in [1.82, 2.24) is 9.29 Å². The third-order valence-electron chi connectivity index (χ3n) is 3.79. The molecule has 3 rings (SSSR count). The molecule has 0 spiro atoms. The molecule has 0 saturated carbocycles. The summed E-state index contributed by atoms with van der Waals surface area (Å²) >= 11 is 0. The average Bonchev–Trinajstić information content (AvgIpc) is 3.21. The second kappa shape index (κ2) is 6.10. The molecule has 3 heterocycles. The highest BCUT2D eigenvalue weighted by Gasteiger charge is 2.27. The lowest BCUT2D eigenvalue weighted by molar-refractivity contribution is 0.477. The van der Waals surface area contributed by atoms with Gasteiger partial charge in [0.1, 0.15) is 16.5 Å². The Hall–Kier alpha value is -1.86. The Labute approximate surface area is 130 Å². The molecule has 1 aliphatic heterocycles. The highest BCUT2D eigenvalue weighted by molar-refractivity contribution is 7.89. The van der Waals surface area contributed by atoms with Crippen molar-refractivity contribution < 1.29 is 12.8 Å². The van der Waals surface area contributed by atoms with Gasteiger partial charge in [-0.05, 0) is 37.1 Å². The van der Waals surface area contributed by atoms with Crippen molar-refractivity contribution >= 4 is 15.8 Å². The zero-order chi connectivity index (χ0) is 15.6. The first-order valence-corrected chi connectivity index (χ1v) is 8.71. The number of nitrogens with zero attached hydrogens (tertiary/aromatic N) is 3. The van der Waals surface area contributed by atoms with Crippen molar-refractivity contribution in [2.24, 2.45) is 0 Å². The Morgan fingerprint density at radius 1 is 1.27 bits per heavy atom. The summed E-state index contributed by atoms with van der Waals surface area (Å²) in [6.45, 7) is 1.78. The van der Waals surface area contributed by atoms with Crippen LogP contribution in [0.1, 0.15) is 18.6 Å². The summed E-state index contributed by atoms with van der Waals surface area (Å²) in [5.74, 6) is 1.54. The van der Waals surface area contributed by atoms with Gasteiger partial charge in [0.05, 0.1) is 12.8 Å². The Morgan fingerprint density at radius 3 is 2.64 bits per heavy atom. The van der Waals surface area contributed by atoms with Crippen LogP contribution in [0.15, 0.2) is 46.0 Å². The summed E-state index contributed by atoms with van der Waals surface area (Å²) < 4.78 is 31.7.